The van der Waals surface area contributed by atoms with Crippen LogP contribution in [-0.4, -0.2) is 21.3 Å². The number of hydrogen-bond acceptors (Lipinski definition) is 4. The molecule has 0 bridgehead atoms. The Labute approximate surface area is 147 Å². The van der Waals surface area contributed by atoms with Crippen LogP contribution in [0.5, 0.6) is 17.2 Å². The van der Waals surface area contributed by atoms with E-state index in [-0.39, 0.29) is 17.6 Å². The largest absolute Gasteiger partial charge is 0.504 e. The third-order valence-electron chi connectivity index (χ3n) is 4.31. The highest BCUT2D eigenvalue weighted by Crippen LogP contribution is 2.34. The van der Waals surface area contributed by atoms with Crippen LogP contribution in [0.1, 0.15) is 33.1 Å². The lowest BCUT2D eigenvalue weighted by atomic mass is 10.1. The van der Waals surface area contributed by atoms with E-state index >= 15 is 0 Å². The summed E-state index contributed by atoms with van der Waals surface area (Å²) >= 11 is 0. The van der Waals surface area contributed by atoms with Crippen molar-refractivity contribution in [1.29, 1.82) is 0 Å². The Hall–Kier alpha value is -2.75. The predicted octanol–water partition coefficient (Wildman–Crippen LogP) is 5.27. The standard InChI is InChI=1S/C21H23NO3/c1-3-7-15(4-2)25-21-13-18(14-10-11-19(23)20(24)12-14)22-17-9-6-5-8-16(17)21/h5-6,8-13,15,23-24H,3-4,7H2,1-2H3. The van der Waals surface area contributed by atoms with Crippen LogP contribution in [0.3, 0.4) is 0 Å². The molecule has 2 aromatic carbocycles. The summed E-state index contributed by atoms with van der Waals surface area (Å²) in [5.41, 5.74) is 2.28. The molecule has 1 atom stereocenters. The van der Waals surface area contributed by atoms with Crippen molar-refractivity contribution in [1.82, 2.24) is 4.98 Å². The van der Waals surface area contributed by atoms with E-state index in [4.69, 9.17) is 4.74 Å². The van der Waals surface area contributed by atoms with Gasteiger partial charge in [0, 0.05) is 17.0 Å². The Balaban J connectivity index is 2.09. The summed E-state index contributed by atoms with van der Waals surface area (Å²) in [5, 5.41) is 20.3. The van der Waals surface area contributed by atoms with Gasteiger partial charge in [-0.1, -0.05) is 32.4 Å². The Morgan fingerprint density at radius 1 is 1.00 bits per heavy atom. The summed E-state index contributed by atoms with van der Waals surface area (Å²) < 4.78 is 6.28. The van der Waals surface area contributed by atoms with Gasteiger partial charge in [0.15, 0.2) is 11.5 Å². The molecule has 0 aliphatic carbocycles. The number of phenols is 2. The highest BCUT2D eigenvalue weighted by molar-refractivity contribution is 5.88. The van der Waals surface area contributed by atoms with Gasteiger partial charge in [0.1, 0.15) is 5.75 Å². The number of pyridine rings is 1. The van der Waals surface area contributed by atoms with E-state index in [1.807, 2.05) is 30.3 Å². The topological polar surface area (TPSA) is 62.6 Å². The van der Waals surface area contributed by atoms with Crippen molar-refractivity contribution in [2.24, 2.45) is 0 Å². The molecule has 0 aliphatic rings. The Kier molecular flexibility index (Phi) is 5.08. The zero-order valence-electron chi connectivity index (χ0n) is 14.6. The van der Waals surface area contributed by atoms with Gasteiger partial charge in [0.2, 0.25) is 0 Å². The van der Waals surface area contributed by atoms with E-state index in [0.29, 0.717) is 5.69 Å². The van der Waals surface area contributed by atoms with Crippen molar-refractivity contribution in [2.75, 3.05) is 0 Å². The first-order chi connectivity index (χ1) is 12.1. The highest BCUT2D eigenvalue weighted by Gasteiger charge is 2.13. The molecule has 3 aromatic rings. The summed E-state index contributed by atoms with van der Waals surface area (Å²) in [7, 11) is 0. The lowest BCUT2D eigenvalue weighted by Gasteiger charge is -2.19. The zero-order chi connectivity index (χ0) is 17.8. The monoisotopic (exact) mass is 337 g/mol. The van der Waals surface area contributed by atoms with Gasteiger partial charge in [0.25, 0.3) is 0 Å². The van der Waals surface area contributed by atoms with Crippen molar-refractivity contribution in [3.8, 4) is 28.5 Å². The number of para-hydroxylation sites is 1. The molecule has 0 saturated carbocycles. The normalized spacial score (nSPS) is 12.2. The first kappa shape index (κ1) is 17.1. The number of hydrogen-bond donors (Lipinski definition) is 2. The number of aromatic hydroxyl groups is 2. The quantitative estimate of drug-likeness (QED) is 0.601. The van der Waals surface area contributed by atoms with E-state index in [1.54, 1.807) is 6.07 Å². The fraction of sp³-hybridized carbons (Fsp3) is 0.286. The first-order valence-electron chi connectivity index (χ1n) is 8.71. The van der Waals surface area contributed by atoms with Gasteiger partial charge in [-0.2, -0.15) is 0 Å². The van der Waals surface area contributed by atoms with Crippen molar-refractivity contribution >= 4 is 10.9 Å². The second-order valence-corrected chi connectivity index (χ2v) is 6.16. The van der Waals surface area contributed by atoms with Gasteiger partial charge in [-0.3, -0.25) is 0 Å². The van der Waals surface area contributed by atoms with Crippen LogP contribution in [-0.2, 0) is 0 Å². The number of rotatable bonds is 6. The molecular formula is C21H23NO3. The fourth-order valence-corrected chi connectivity index (χ4v) is 2.92. The fourth-order valence-electron chi connectivity index (χ4n) is 2.92. The molecule has 3 rings (SSSR count). The van der Waals surface area contributed by atoms with Crippen LogP contribution in [0.25, 0.3) is 22.2 Å². The maximum absolute atomic E-state index is 9.79. The molecule has 2 N–H and O–H groups in total. The van der Waals surface area contributed by atoms with Gasteiger partial charge < -0.3 is 14.9 Å². The molecule has 25 heavy (non-hydrogen) atoms. The third-order valence-corrected chi connectivity index (χ3v) is 4.31. The number of aromatic nitrogens is 1. The average molecular weight is 337 g/mol. The minimum Gasteiger partial charge on any atom is -0.504 e. The van der Waals surface area contributed by atoms with E-state index < -0.39 is 0 Å². The molecular weight excluding hydrogens is 314 g/mol. The van der Waals surface area contributed by atoms with Gasteiger partial charge >= 0.3 is 0 Å². The van der Waals surface area contributed by atoms with Crippen LogP contribution in [0.2, 0.25) is 0 Å². The number of phenolic OH excluding ortho intramolecular Hbond substituents is 2. The summed E-state index contributed by atoms with van der Waals surface area (Å²) in [6, 6.07) is 14.5. The molecule has 0 saturated heterocycles. The average Bonchev–Trinajstić information content (AvgIpc) is 2.63. The molecule has 1 heterocycles. The van der Waals surface area contributed by atoms with Crippen molar-refractivity contribution < 1.29 is 14.9 Å². The van der Waals surface area contributed by atoms with Crippen LogP contribution >= 0.6 is 0 Å². The molecule has 0 radical (unpaired) electrons. The van der Waals surface area contributed by atoms with Gasteiger partial charge in [-0.25, -0.2) is 4.98 Å². The molecule has 4 heteroatoms. The van der Waals surface area contributed by atoms with Crippen molar-refractivity contribution in [3.05, 3.63) is 48.5 Å². The van der Waals surface area contributed by atoms with E-state index in [1.165, 1.54) is 12.1 Å². The molecule has 1 aromatic heterocycles. The lowest BCUT2D eigenvalue weighted by Crippen LogP contribution is -2.15. The zero-order valence-corrected chi connectivity index (χ0v) is 14.6. The SMILES string of the molecule is CCCC(CC)Oc1cc(-c2ccc(O)c(O)c2)nc2ccccc12. The minimum absolute atomic E-state index is 0.144. The van der Waals surface area contributed by atoms with Crippen LogP contribution < -0.4 is 4.74 Å². The number of ether oxygens (including phenoxy) is 1. The molecule has 4 nitrogen and oxygen atoms in total. The van der Waals surface area contributed by atoms with Gasteiger partial charge in [0.05, 0.1) is 17.3 Å². The molecule has 0 aliphatic heterocycles. The summed E-state index contributed by atoms with van der Waals surface area (Å²) in [6.07, 6.45) is 3.18. The Bertz CT molecular complexity index is 876. The van der Waals surface area contributed by atoms with Gasteiger partial charge in [-0.05, 0) is 43.2 Å². The van der Waals surface area contributed by atoms with Crippen molar-refractivity contribution in [3.63, 3.8) is 0 Å². The van der Waals surface area contributed by atoms with Crippen molar-refractivity contribution in [2.45, 2.75) is 39.2 Å². The maximum Gasteiger partial charge on any atom is 0.158 e. The second-order valence-electron chi connectivity index (χ2n) is 6.16. The Morgan fingerprint density at radius 3 is 2.52 bits per heavy atom. The Morgan fingerprint density at radius 2 is 1.80 bits per heavy atom. The first-order valence-corrected chi connectivity index (χ1v) is 8.71. The van der Waals surface area contributed by atoms with E-state index in [2.05, 4.69) is 18.8 Å². The number of nitrogens with zero attached hydrogens (tertiary/aromatic N) is 1. The van der Waals surface area contributed by atoms with Crippen LogP contribution in [0, 0.1) is 0 Å². The second kappa shape index (κ2) is 7.43. The molecule has 1 unspecified atom stereocenters. The maximum atomic E-state index is 9.79. The van der Waals surface area contributed by atoms with E-state index in [9.17, 15) is 10.2 Å². The summed E-state index contributed by atoms with van der Waals surface area (Å²) in [6.45, 7) is 4.28. The van der Waals surface area contributed by atoms with Crippen LogP contribution in [0.15, 0.2) is 48.5 Å². The number of fused-ring (bicyclic) bond motifs is 1. The van der Waals surface area contributed by atoms with E-state index in [0.717, 1.165) is 41.5 Å². The predicted molar refractivity (Wildman–Crippen MR) is 100 cm³/mol. The molecule has 0 fully saturated rings. The summed E-state index contributed by atoms with van der Waals surface area (Å²) in [5.74, 6) is 0.496. The third kappa shape index (κ3) is 3.68. The smallest absolute Gasteiger partial charge is 0.158 e. The lowest BCUT2D eigenvalue weighted by molar-refractivity contribution is 0.188. The minimum atomic E-state index is -0.160. The molecule has 0 spiro atoms. The molecule has 130 valence electrons. The highest BCUT2D eigenvalue weighted by atomic mass is 16.5. The molecule has 0 amide bonds. The number of benzene rings is 2. The van der Waals surface area contributed by atoms with Crippen LogP contribution in [0.4, 0.5) is 0 Å². The van der Waals surface area contributed by atoms with Gasteiger partial charge in [-0.15, -0.1) is 0 Å². The summed E-state index contributed by atoms with van der Waals surface area (Å²) in [4.78, 5) is 4.68.